The standard InChI is InChI=1S/C24H44O4/c1-21(2)27-23(25)19-17-15-13-11-9-7-5-6-8-10-12-14-16-18-20-24(26)28-22(3)4/h5-6,21-22H,7-20H2,1-4H3. The molecule has 0 unspecified atom stereocenters. The number of hydrogen-bond acceptors (Lipinski definition) is 4. The summed E-state index contributed by atoms with van der Waals surface area (Å²) in [6, 6.07) is 0. The maximum absolute atomic E-state index is 11.4. The van der Waals surface area contributed by atoms with Gasteiger partial charge in [0.05, 0.1) is 12.2 Å². The molecular weight excluding hydrogens is 352 g/mol. The molecule has 0 atom stereocenters. The molecule has 164 valence electrons. The molecule has 0 saturated heterocycles. The predicted molar refractivity (Wildman–Crippen MR) is 116 cm³/mol. The maximum atomic E-state index is 11.4. The molecule has 0 heterocycles. The smallest absolute Gasteiger partial charge is 0.306 e. The van der Waals surface area contributed by atoms with E-state index in [9.17, 15) is 9.59 Å². The molecule has 0 radical (unpaired) electrons. The van der Waals surface area contributed by atoms with Crippen LogP contribution < -0.4 is 0 Å². The molecular formula is C24H44O4. The van der Waals surface area contributed by atoms with E-state index in [1.807, 2.05) is 27.7 Å². The van der Waals surface area contributed by atoms with Crippen molar-refractivity contribution >= 4 is 11.9 Å². The minimum Gasteiger partial charge on any atom is -0.463 e. The average molecular weight is 397 g/mol. The van der Waals surface area contributed by atoms with E-state index in [0.717, 1.165) is 38.5 Å². The van der Waals surface area contributed by atoms with Crippen LogP contribution in [-0.4, -0.2) is 24.1 Å². The molecule has 0 fully saturated rings. The fraction of sp³-hybridized carbons (Fsp3) is 0.833. The van der Waals surface area contributed by atoms with Crippen LogP contribution in [0.5, 0.6) is 0 Å². The molecule has 0 bridgehead atoms. The van der Waals surface area contributed by atoms with Gasteiger partial charge >= 0.3 is 11.9 Å². The Morgan fingerprint density at radius 1 is 0.571 bits per heavy atom. The quantitative estimate of drug-likeness (QED) is 0.143. The Hall–Kier alpha value is -1.32. The van der Waals surface area contributed by atoms with Crippen LogP contribution in [0.25, 0.3) is 0 Å². The normalized spacial score (nSPS) is 11.5. The van der Waals surface area contributed by atoms with E-state index in [0.29, 0.717) is 12.8 Å². The van der Waals surface area contributed by atoms with Gasteiger partial charge in [-0.1, -0.05) is 50.7 Å². The third-order valence-electron chi connectivity index (χ3n) is 4.40. The van der Waals surface area contributed by atoms with Crippen molar-refractivity contribution in [2.45, 2.75) is 130 Å². The second-order valence-electron chi connectivity index (χ2n) is 8.16. The number of carbonyl (C=O) groups is 2. The van der Waals surface area contributed by atoms with Gasteiger partial charge in [-0.3, -0.25) is 9.59 Å². The van der Waals surface area contributed by atoms with Crippen molar-refractivity contribution in [3.8, 4) is 0 Å². The zero-order valence-corrected chi connectivity index (χ0v) is 18.8. The molecule has 4 nitrogen and oxygen atoms in total. The molecule has 4 heteroatoms. The third-order valence-corrected chi connectivity index (χ3v) is 4.40. The van der Waals surface area contributed by atoms with Crippen molar-refractivity contribution in [3.63, 3.8) is 0 Å². The van der Waals surface area contributed by atoms with Gasteiger partial charge in [0.2, 0.25) is 0 Å². The molecule has 0 aliphatic rings. The summed E-state index contributed by atoms with van der Waals surface area (Å²) in [5.74, 6) is -0.127. The lowest BCUT2D eigenvalue weighted by Gasteiger charge is -2.07. The molecule has 28 heavy (non-hydrogen) atoms. The van der Waals surface area contributed by atoms with Gasteiger partial charge in [-0.05, 0) is 66.2 Å². The van der Waals surface area contributed by atoms with Gasteiger partial charge in [0, 0.05) is 12.8 Å². The Kier molecular flexibility index (Phi) is 18.1. The number of esters is 2. The molecule has 0 amide bonds. The van der Waals surface area contributed by atoms with E-state index < -0.39 is 0 Å². The first kappa shape index (κ1) is 26.7. The number of allylic oxidation sites excluding steroid dienone is 2. The van der Waals surface area contributed by atoms with Crippen LogP contribution >= 0.6 is 0 Å². The van der Waals surface area contributed by atoms with Crippen molar-refractivity contribution in [2.75, 3.05) is 0 Å². The lowest BCUT2D eigenvalue weighted by Crippen LogP contribution is -2.10. The van der Waals surface area contributed by atoms with Crippen LogP contribution in [0.2, 0.25) is 0 Å². The van der Waals surface area contributed by atoms with E-state index in [1.165, 1.54) is 38.5 Å². The second kappa shape index (κ2) is 19.0. The highest BCUT2D eigenvalue weighted by Gasteiger charge is 2.05. The highest BCUT2D eigenvalue weighted by atomic mass is 16.5. The lowest BCUT2D eigenvalue weighted by atomic mass is 10.1. The Labute approximate surface area is 173 Å². The Bertz CT molecular complexity index is 375. The van der Waals surface area contributed by atoms with Crippen LogP contribution in [0, 0.1) is 0 Å². The Morgan fingerprint density at radius 3 is 1.25 bits per heavy atom. The van der Waals surface area contributed by atoms with Gasteiger partial charge < -0.3 is 9.47 Å². The fourth-order valence-electron chi connectivity index (χ4n) is 3.00. The summed E-state index contributed by atoms with van der Waals surface area (Å²) in [6.07, 6.45) is 19.5. The molecule has 0 N–H and O–H groups in total. The zero-order chi connectivity index (χ0) is 21.0. The summed E-state index contributed by atoms with van der Waals surface area (Å²) in [5.41, 5.74) is 0. The first-order valence-electron chi connectivity index (χ1n) is 11.5. The highest BCUT2D eigenvalue weighted by molar-refractivity contribution is 5.69. The van der Waals surface area contributed by atoms with Crippen LogP contribution in [0.4, 0.5) is 0 Å². The van der Waals surface area contributed by atoms with Gasteiger partial charge in [0.1, 0.15) is 0 Å². The van der Waals surface area contributed by atoms with E-state index in [-0.39, 0.29) is 24.1 Å². The molecule has 0 aliphatic heterocycles. The number of unbranched alkanes of at least 4 members (excludes halogenated alkanes) is 10. The van der Waals surface area contributed by atoms with Crippen LogP contribution in [0.15, 0.2) is 12.2 Å². The lowest BCUT2D eigenvalue weighted by molar-refractivity contribution is -0.148. The van der Waals surface area contributed by atoms with Crippen LogP contribution in [0.3, 0.4) is 0 Å². The minimum atomic E-state index is -0.0634. The summed E-state index contributed by atoms with van der Waals surface area (Å²) >= 11 is 0. The molecule has 0 aromatic rings. The predicted octanol–water partition coefficient (Wildman–Crippen LogP) is 6.91. The Morgan fingerprint density at radius 2 is 0.893 bits per heavy atom. The number of rotatable bonds is 18. The third kappa shape index (κ3) is 21.0. The van der Waals surface area contributed by atoms with Crippen LogP contribution in [0.1, 0.15) is 118 Å². The van der Waals surface area contributed by atoms with E-state index in [2.05, 4.69) is 12.2 Å². The fourth-order valence-corrected chi connectivity index (χ4v) is 3.00. The Balaban J connectivity index is 3.26. The first-order valence-corrected chi connectivity index (χ1v) is 11.5. The molecule has 0 aromatic heterocycles. The molecule has 0 aromatic carbocycles. The highest BCUT2D eigenvalue weighted by Crippen LogP contribution is 2.11. The first-order chi connectivity index (χ1) is 13.4. The van der Waals surface area contributed by atoms with Gasteiger partial charge in [0.25, 0.3) is 0 Å². The second-order valence-corrected chi connectivity index (χ2v) is 8.16. The van der Waals surface area contributed by atoms with Crippen molar-refractivity contribution in [3.05, 3.63) is 12.2 Å². The van der Waals surface area contributed by atoms with Crippen molar-refractivity contribution in [1.29, 1.82) is 0 Å². The topological polar surface area (TPSA) is 52.6 Å². The average Bonchev–Trinajstić information content (AvgIpc) is 2.60. The molecule has 0 rings (SSSR count). The van der Waals surface area contributed by atoms with Crippen LogP contribution in [-0.2, 0) is 19.1 Å². The molecule has 0 spiro atoms. The van der Waals surface area contributed by atoms with Crippen molar-refractivity contribution in [2.24, 2.45) is 0 Å². The summed E-state index contributed by atoms with van der Waals surface area (Å²) in [4.78, 5) is 22.8. The van der Waals surface area contributed by atoms with Gasteiger partial charge in [-0.2, -0.15) is 0 Å². The van der Waals surface area contributed by atoms with E-state index in [1.54, 1.807) is 0 Å². The summed E-state index contributed by atoms with van der Waals surface area (Å²) in [7, 11) is 0. The van der Waals surface area contributed by atoms with Gasteiger partial charge in [-0.25, -0.2) is 0 Å². The summed E-state index contributed by atoms with van der Waals surface area (Å²) in [6.45, 7) is 7.56. The van der Waals surface area contributed by atoms with Gasteiger partial charge in [-0.15, -0.1) is 0 Å². The monoisotopic (exact) mass is 396 g/mol. The summed E-state index contributed by atoms with van der Waals surface area (Å²) in [5, 5.41) is 0. The zero-order valence-electron chi connectivity index (χ0n) is 18.8. The van der Waals surface area contributed by atoms with Crippen molar-refractivity contribution < 1.29 is 19.1 Å². The van der Waals surface area contributed by atoms with E-state index >= 15 is 0 Å². The van der Waals surface area contributed by atoms with Gasteiger partial charge in [0.15, 0.2) is 0 Å². The molecule has 0 aliphatic carbocycles. The van der Waals surface area contributed by atoms with Crippen molar-refractivity contribution in [1.82, 2.24) is 0 Å². The minimum absolute atomic E-state index is 0.000350. The largest absolute Gasteiger partial charge is 0.463 e. The number of hydrogen-bond donors (Lipinski definition) is 0. The SMILES string of the molecule is CC(C)OC(=O)CCCCCCCC=CCCCCCCCC(=O)OC(C)C. The maximum Gasteiger partial charge on any atom is 0.306 e. The molecule has 0 saturated carbocycles. The number of ether oxygens (including phenoxy) is 2. The van der Waals surface area contributed by atoms with E-state index in [4.69, 9.17) is 9.47 Å². The number of carbonyl (C=O) groups excluding carboxylic acids is 2. The summed E-state index contributed by atoms with van der Waals surface area (Å²) < 4.78 is 10.2.